The maximum Gasteiger partial charge on any atom is 0.408 e. The lowest BCUT2D eigenvalue weighted by Crippen LogP contribution is -2.60. The van der Waals surface area contributed by atoms with Crippen molar-refractivity contribution in [1.29, 1.82) is 0 Å². The maximum atomic E-state index is 14.2. The number of hydrogen-bond acceptors (Lipinski definition) is 6. The molecule has 1 aliphatic heterocycles. The molecule has 0 aromatic heterocycles. The van der Waals surface area contributed by atoms with Crippen molar-refractivity contribution in [1.82, 2.24) is 15.5 Å². The molecule has 0 radical (unpaired) electrons. The van der Waals surface area contributed by atoms with Gasteiger partial charge in [-0.2, -0.15) is 0 Å². The maximum absolute atomic E-state index is 14.2. The Kier molecular flexibility index (Phi) is 8.55. The fourth-order valence-corrected chi connectivity index (χ4v) is 7.10. The second-order valence-corrected chi connectivity index (χ2v) is 13.9. The molecule has 10 nitrogen and oxygen atoms in total. The number of hydrogen-bond donors (Lipinski definition) is 4. The van der Waals surface area contributed by atoms with Crippen molar-refractivity contribution in [3.63, 3.8) is 0 Å². The molecule has 4 amide bonds. The highest BCUT2D eigenvalue weighted by Crippen LogP contribution is 2.65. The molecule has 1 heterocycles. The Labute approximate surface area is 232 Å². The van der Waals surface area contributed by atoms with Crippen molar-refractivity contribution in [2.24, 2.45) is 34.8 Å². The van der Waals surface area contributed by atoms with Crippen LogP contribution >= 0.6 is 0 Å². The van der Waals surface area contributed by atoms with E-state index in [1.165, 1.54) is 0 Å². The third-order valence-corrected chi connectivity index (χ3v) is 9.63. The smallest absolute Gasteiger partial charge is 0.408 e. The standard InChI is InChI=1S/C29H48N4O6/c1-28(2,3)39-27(38)32-21(17-12-7-6-8-13-17)26(37)33-15-18-20(29(18,4)5)22(33)25(36)31-19(23(34)24(30)35)14-16-10-9-11-16/h16-23,34H,6-15H2,1-5H3,(H2,30,35)(H,31,36)(H,32,38)/t18-,19?,20?,21-,22-,23?/m0/s1. The van der Waals surface area contributed by atoms with Crippen LogP contribution in [-0.2, 0) is 19.1 Å². The van der Waals surface area contributed by atoms with E-state index < -0.39 is 41.8 Å². The Morgan fingerprint density at radius 3 is 2.21 bits per heavy atom. The number of nitrogens with two attached hydrogens (primary N) is 1. The van der Waals surface area contributed by atoms with Crippen molar-refractivity contribution >= 4 is 23.8 Å². The number of aliphatic hydroxyl groups is 1. The largest absolute Gasteiger partial charge is 0.444 e. The van der Waals surface area contributed by atoms with Gasteiger partial charge < -0.3 is 31.1 Å². The van der Waals surface area contributed by atoms with Gasteiger partial charge in [0.15, 0.2) is 6.10 Å². The average molecular weight is 549 g/mol. The first-order valence-electron chi connectivity index (χ1n) is 14.8. The van der Waals surface area contributed by atoms with Crippen LogP contribution in [-0.4, -0.2) is 70.2 Å². The second-order valence-electron chi connectivity index (χ2n) is 13.9. The molecule has 5 N–H and O–H groups in total. The van der Waals surface area contributed by atoms with Gasteiger partial charge in [-0.25, -0.2) is 4.79 Å². The molecule has 4 rings (SSSR count). The second kappa shape index (κ2) is 11.3. The van der Waals surface area contributed by atoms with Crippen LogP contribution < -0.4 is 16.4 Å². The predicted molar refractivity (Wildman–Crippen MR) is 145 cm³/mol. The van der Waals surface area contributed by atoms with E-state index in [4.69, 9.17) is 10.5 Å². The van der Waals surface area contributed by atoms with Gasteiger partial charge in [-0.1, -0.05) is 52.4 Å². The summed E-state index contributed by atoms with van der Waals surface area (Å²) in [4.78, 5) is 54.3. The van der Waals surface area contributed by atoms with E-state index in [1.54, 1.807) is 25.7 Å². The van der Waals surface area contributed by atoms with Crippen LogP contribution in [0.2, 0.25) is 0 Å². The summed E-state index contributed by atoms with van der Waals surface area (Å²) in [5.74, 6) is -1.09. The third kappa shape index (κ3) is 6.52. The van der Waals surface area contributed by atoms with Crippen molar-refractivity contribution in [3.8, 4) is 0 Å². The van der Waals surface area contributed by atoms with E-state index >= 15 is 0 Å². The van der Waals surface area contributed by atoms with Gasteiger partial charge in [0.05, 0.1) is 6.04 Å². The van der Waals surface area contributed by atoms with Crippen LogP contribution in [0.15, 0.2) is 0 Å². The lowest BCUT2D eigenvalue weighted by Gasteiger charge is -2.38. The number of rotatable bonds is 9. The average Bonchev–Trinajstić information content (AvgIpc) is 3.15. The van der Waals surface area contributed by atoms with Crippen molar-refractivity contribution < 1.29 is 29.0 Å². The first-order chi connectivity index (χ1) is 18.2. The van der Waals surface area contributed by atoms with Crippen LogP contribution in [0, 0.1) is 29.1 Å². The summed E-state index contributed by atoms with van der Waals surface area (Å²) in [7, 11) is 0. The summed E-state index contributed by atoms with van der Waals surface area (Å²) in [6, 6.07) is -2.32. The zero-order valence-electron chi connectivity index (χ0n) is 24.2. The number of carbonyl (C=O) groups excluding carboxylic acids is 4. The van der Waals surface area contributed by atoms with Gasteiger partial charge in [0.25, 0.3) is 0 Å². The molecule has 0 bridgehead atoms. The van der Waals surface area contributed by atoms with Crippen LogP contribution in [0.5, 0.6) is 0 Å². The van der Waals surface area contributed by atoms with Crippen LogP contribution in [0.3, 0.4) is 0 Å². The molecular formula is C29H48N4O6. The number of likely N-dealkylation sites (tertiary alicyclic amines) is 1. The number of ether oxygens (including phenoxy) is 1. The minimum atomic E-state index is -1.49. The van der Waals surface area contributed by atoms with E-state index in [0.29, 0.717) is 18.9 Å². The minimum absolute atomic E-state index is 0.0320. The van der Waals surface area contributed by atoms with E-state index in [0.717, 1.165) is 51.4 Å². The molecule has 4 fully saturated rings. The molecule has 0 aromatic rings. The molecule has 3 aliphatic carbocycles. The van der Waals surface area contributed by atoms with Gasteiger partial charge in [0.1, 0.15) is 17.7 Å². The first-order valence-corrected chi connectivity index (χ1v) is 14.8. The molecule has 1 saturated heterocycles. The Hall–Kier alpha value is -2.36. The summed E-state index contributed by atoms with van der Waals surface area (Å²) in [6.45, 7) is 9.97. The highest BCUT2D eigenvalue weighted by molar-refractivity contribution is 5.93. The summed E-state index contributed by atoms with van der Waals surface area (Å²) < 4.78 is 5.49. The van der Waals surface area contributed by atoms with Crippen molar-refractivity contribution in [3.05, 3.63) is 0 Å². The van der Waals surface area contributed by atoms with Crippen LogP contribution in [0.25, 0.3) is 0 Å². The zero-order chi connectivity index (χ0) is 28.7. The van der Waals surface area contributed by atoms with Crippen LogP contribution in [0.4, 0.5) is 4.79 Å². The van der Waals surface area contributed by atoms with Gasteiger partial charge in [0, 0.05) is 6.54 Å². The number of fused-ring (bicyclic) bond motifs is 1. The van der Waals surface area contributed by atoms with Crippen LogP contribution in [0.1, 0.15) is 92.4 Å². The van der Waals surface area contributed by atoms with Gasteiger partial charge in [-0.3, -0.25) is 14.4 Å². The number of nitrogens with zero attached hydrogens (tertiary/aromatic N) is 1. The third-order valence-electron chi connectivity index (χ3n) is 9.63. The van der Waals surface area contributed by atoms with Gasteiger partial charge in [0.2, 0.25) is 17.7 Å². The normalized spacial score (nSPS) is 28.9. The molecule has 6 atom stereocenters. The van der Waals surface area contributed by atoms with Gasteiger partial charge >= 0.3 is 6.09 Å². The number of aliphatic hydroxyl groups excluding tert-OH is 1. The van der Waals surface area contributed by atoms with E-state index in [-0.39, 0.29) is 35.0 Å². The highest BCUT2D eigenvalue weighted by atomic mass is 16.6. The molecule has 3 saturated carbocycles. The number of piperidine rings is 1. The fourth-order valence-electron chi connectivity index (χ4n) is 7.10. The topological polar surface area (TPSA) is 151 Å². The molecule has 10 heteroatoms. The van der Waals surface area contributed by atoms with Crippen molar-refractivity contribution in [2.75, 3.05) is 6.54 Å². The van der Waals surface area contributed by atoms with Gasteiger partial charge in [-0.15, -0.1) is 0 Å². The SMILES string of the molecule is CC(C)(C)OC(=O)N[C@H](C(=O)N1C[C@H]2C([C@H]1C(=O)NC(CC1CCC1)C(O)C(N)=O)C2(C)C)C1CCCCC1. The summed E-state index contributed by atoms with van der Waals surface area (Å²) >= 11 is 0. The Bertz CT molecular complexity index is 952. The molecule has 220 valence electrons. The number of alkyl carbamates (subject to hydrolysis) is 1. The first kappa shape index (κ1) is 29.6. The molecule has 3 unspecified atom stereocenters. The quantitative estimate of drug-likeness (QED) is 0.347. The number of amides is 4. The fraction of sp³-hybridized carbons (Fsp3) is 0.862. The zero-order valence-corrected chi connectivity index (χ0v) is 24.2. The van der Waals surface area contributed by atoms with Gasteiger partial charge in [-0.05, 0) is 69.1 Å². The number of primary amides is 1. The molecule has 0 aromatic carbocycles. The minimum Gasteiger partial charge on any atom is -0.444 e. The monoisotopic (exact) mass is 548 g/mol. The predicted octanol–water partition coefficient (Wildman–Crippen LogP) is 2.46. The lowest BCUT2D eigenvalue weighted by molar-refractivity contribution is -0.144. The summed E-state index contributed by atoms with van der Waals surface area (Å²) in [5, 5.41) is 16.3. The lowest BCUT2D eigenvalue weighted by atomic mass is 9.79. The van der Waals surface area contributed by atoms with Crippen molar-refractivity contribution in [2.45, 2.75) is 122 Å². The van der Waals surface area contributed by atoms with E-state index in [1.807, 2.05) is 0 Å². The Morgan fingerprint density at radius 2 is 1.67 bits per heavy atom. The highest BCUT2D eigenvalue weighted by Gasteiger charge is 2.69. The Morgan fingerprint density at radius 1 is 1.03 bits per heavy atom. The summed E-state index contributed by atoms with van der Waals surface area (Å²) in [5.41, 5.74) is 4.60. The molecule has 4 aliphatic rings. The number of carbonyl (C=O) groups is 4. The molecular weight excluding hydrogens is 500 g/mol. The molecule has 0 spiro atoms. The molecule has 39 heavy (non-hydrogen) atoms. The summed E-state index contributed by atoms with van der Waals surface area (Å²) in [6.07, 6.45) is 6.13. The van der Waals surface area contributed by atoms with E-state index in [2.05, 4.69) is 24.5 Å². The Balaban J connectivity index is 1.55. The number of nitrogens with one attached hydrogen (secondary N) is 2. The van der Waals surface area contributed by atoms with E-state index in [9.17, 15) is 24.3 Å².